The first-order valence-electron chi connectivity index (χ1n) is 16.4. The van der Waals surface area contributed by atoms with E-state index in [1.165, 1.54) is 9.80 Å². The first-order valence-corrected chi connectivity index (χ1v) is 18.2. The second kappa shape index (κ2) is 13.0. The van der Waals surface area contributed by atoms with Crippen LogP contribution in [0.4, 0.5) is 4.79 Å². The number of allylic oxidation sites excluding steroid dienone is 1. The SMILES string of the molecule is CCOC1(S(=O)(=O)NC(=O)[C@@]23C[C@@H]2/C=C\CCCCC[C@H](N)C(=O)N2C[C@H](OC(=O)N4Cc5cccc(Cl)c5C4)C[C@H]2C(=O)N3)CC1. The summed E-state index contributed by atoms with van der Waals surface area (Å²) in [4.78, 5) is 55.9. The maximum absolute atomic E-state index is 14.0. The van der Waals surface area contributed by atoms with Crippen molar-refractivity contribution in [2.45, 2.75) is 106 Å². The van der Waals surface area contributed by atoms with Crippen LogP contribution in [0.5, 0.6) is 0 Å². The number of hydrogen-bond acceptors (Lipinski definition) is 9. The zero-order valence-corrected chi connectivity index (χ0v) is 28.0. The van der Waals surface area contributed by atoms with Gasteiger partial charge < -0.3 is 25.4 Å². The van der Waals surface area contributed by atoms with E-state index in [9.17, 15) is 27.6 Å². The van der Waals surface area contributed by atoms with Crippen molar-refractivity contribution in [3.63, 3.8) is 0 Å². The summed E-state index contributed by atoms with van der Waals surface area (Å²) < 4.78 is 39.9. The lowest BCUT2D eigenvalue weighted by Gasteiger charge is -2.28. The van der Waals surface area contributed by atoms with Crippen LogP contribution in [0.25, 0.3) is 0 Å². The highest BCUT2D eigenvalue weighted by Crippen LogP contribution is 2.48. The molecule has 1 aromatic carbocycles. The summed E-state index contributed by atoms with van der Waals surface area (Å²) in [6, 6.07) is 3.52. The van der Waals surface area contributed by atoms with Gasteiger partial charge in [0.25, 0.3) is 15.9 Å². The van der Waals surface area contributed by atoms with Gasteiger partial charge in [0.2, 0.25) is 11.8 Å². The smallest absolute Gasteiger partial charge is 0.410 e. The molecule has 2 saturated carbocycles. The topological polar surface area (TPSA) is 177 Å². The Labute approximate surface area is 279 Å². The van der Waals surface area contributed by atoms with Gasteiger partial charge in [0.15, 0.2) is 4.93 Å². The largest absolute Gasteiger partial charge is 0.444 e. The van der Waals surface area contributed by atoms with Crippen LogP contribution in [0.1, 0.15) is 75.8 Å². The maximum Gasteiger partial charge on any atom is 0.410 e. The third kappa shape index (κ3) is 6.61. The lowest BCUT2D eigenvalue weighted by atomic mass is 10.1. The van der Waals surface area contributed by atoms with Crippen molar-refractivity contribution in [2.24, 2.45) is 11.7 Å². The number of nitrogens with one attached hydrogen (secondary N) is 2. The lowest BCUT2D eigenvalue weighted by molar-refractivity contribution is -0.140. The molecular formula is C32H42ClN5O8S. The quantitative estimate of drug-likeness (QED) is 0.378. The number of carbonyl (C=O) groups excluding carboxylic acids is 4. The molecule has 2 aliphatic carbocycles. The summed E-state index contributed by atoms with van der Waals surface area (Å²) in [5, 5.41) is 3.37. The van der Waals surface area contributed by atoms with Crippen LogP contribution in [0.3, 0.4) is 0 Å². The predicted octanol–water partition coefficient (Wildman–Crippen LogP) is 2.46. The van der Waals surface area contributed by atoms with Gasteiger partial charge in [-0.25, -0.2) is 17.9 Å². The fourth-order valence-corrected chi connectivity index (χ4v) is 8.73. The number of halogens is 1. The summed E-state index contributed by atoms with van der Waals surface area (Å²) in [6.07, 6.45) is 6.64. The number of rotatable bonds is 6. The van der Waals surface area contributed by atoms with E-state index in [1.54, 1.807) is 13.0 Å². The maximum atomic E-state index is 14.0. The van der Waals surface area contributed by atoms with Gasteiger partial charge in [0, 0.05) is 30.5 Å². The van der Waals surface area contributed by atoms with Crippen LogP contribution < -0.4 is 15.8 Å². The number of benzene rings is 1. The molecule has 4 amide bonds. The molecule has 13 nitrogen and oxygen atoms in total. The molecule has 1 saturated heterocycles. The summed E-state index contributed by atoms with van der Waals surface area (Å²) in [7, 11) is -4.19. The van der Waals surface area contributed by atoms with Crippen LogP contribution in [-0.2, 0) is 47.0 Å². The number of nitrogens with two attached hydrogens (primary N) is 1. The van der Waals surface area contributed by atoms with E-state index >= 15 is 0 Å². The van der Waals surface area contributed by atoms with Crippen molar-refractivity contribution in [3.05, 3.63) is 46.5 Å². The van der Waals surface area contributed by atoms with Crippen LogP contribution in [-0.4, -0.2) is 83.8 Å². The fourth-order valence-electron chi connectivity index (χ4n) is 6.95. The van der Waals surface area contributed by atoms with Gasteiger partial charge in [0.1, 0.15) is 17.7 Å². The Kier molecular flexibility index (Phi) is 9.33. The molecule has 3 fully saturated rings. The van der Waals surface area contributed by atoms with E-state index < -0.39 is 68.4 Å². The van der Waals surface area contributed by atoms with E-state index in [1.807, 2.05) is 24.3 Å². The predicted molar refractivity (Wildman–Crippen MR) is 171 cm³/mol. The Morgan fingerprint density at radius 3 is 2.68 bits per heavy atom. The molecule has 0 bridgehead atoms. The highest BCUT2D eigenvalue weighted by atomic mass is 35.5. The van der Waals surface area contributed by atoms with E-state index in [0.29, 0.717) is 18.0 Å². The molecule has 47 heavy (non-hydrogen) atoms. The number of carbonyl (C=O) groups is 4. The summed E-state index contributed by atoms with van der Waals surface area (Å²) >= 11 is 6.32. The molecule has 0 unspecified atom stereocenters. The van der Waals surface area contributed by atoms with Crippen molar-refractivity contribution in [1.29, 1.82) is 0 Å². The Morgan fingerprint density at radius 1 is 1.17 bits per heavy atom. The average Bonchev–Trinajstić information content (AvgIpc) is 3.85. The zero-order chi connectivity index (χ0) is 33.6. The molecule has 15 heteroatoms. The van der Waals surface area contributed by atoms with E-state index in [0.717, 1.165) is 36.8 Å². The molecule has 0 spiro atoms. The molecule has 3 aliphatic heterocycles. The van der Waals surface area contributed by atoms with Crippen molar-refractivity contribution >= 4 is 45.4 Å². The second-order valence-electron chi connectivity index (χ2n) is 13.2. The van der Waals surface area contributed by atoms with Crippen molar-refractivity contribution in [3.8, 4) is 0 Å². The van der Waals surface area contributed by atoms with Crippen LogP contribution >= 0.6 is 11.6 Å². The van der Waals surface area contributed by atoms with Gasteiger partial charge in [0.05, 0.1) is 19.1 Å². The normalized spacial score (nSPS) is 31.0. The Bertz CT molecular complexity index is 1580. The molecule has 1 aromatic rings. The van der Waals surface area contributed by atoms with Gasteiger partial charge in [-0.3, -0.25) is 19.3 Å². The molecular weight excluding hydrogens is 650 g/mol. The minimum Gasteiger partial charge on any atom is -0.444 e. The summed E-state index contributed by atoms with van der Waals surface area (Å²) in [6.45, 7) is 2.39. The minimum atomic E-state index is -4.19. The van der Waals surface area contributed by atoms with Crippen molar-refractivity contribution < 1.29 is 37.1 Å². The highest BCUT2D eigenvalue weighted by Gasteiger charge is 2.64. The first-order chi connectivity index (χ1) is 22.4. The standard InChI is InChI=1S/C32H42ClN5O8S/c1-2-45-31(13-14-31)47(43,44)36-29(41)32-16-21(32)10-6-4-3-5-7-12-25(34)28(40)38-18-22(15-26(38)27(39)35-32)46-30(42)37-17-20-9-8-11-24(33)23(20)19-37/h6,8-11,21-22,25-26H,2-5,7,12-19,34H2,1H3,(H,35,39)(H,36,41)/b10-6-/t21-,22+,25-,26-,32+/m0/s1. The van der Waals surface area contributed by atoms with Crippen molar-refractivity contribution in [1.82, 2.24) is 19.8 Å². The zero-order valence-electron chi connectivity index (χ0n) is 26.4. The molecule has 0 aromatic heterocycles. The van der Waals surface area contributed by atoms with Gasteiger partial charge in [-0.15, -0.1) is 0 Å². The molecule has 3 heterocycles. The monoisotopic (exact) mass is 691 g/mol. The Hall–Kier alpha value is -3.20. The molecule has 5 aliphatic rings. The molecule has 5 atom stereocenters. The van der Waals surface area contributed by atoms with E-state index in [2.05, 4.69) is 10.0 Å². The van der Waals surface area contributed by atoms with Gasteiger partial charge in [-0.1, -0.05) is 48.7 Å². The van der Waals surface area contributed by atoms with Gasteiger partial charge in [-0.05, 0) is 62.6 Å². The van der Waals surface area contributed by atoms with E-state index in [-0.39, 0.29) is 45.4 Å². The Morgan fingerprint density at radius 2 is 1.96 bits per heavy atom. The average molecular weight is 692 g/mol. The number of sulfonamides is 1. The van der Waals surface area contributed by atoms with Crippen LogP contribution in [0, 0.1) is 5.92 Å². The highest BCUT2D eigenvalue weighted by molar-refractivity contribution is 7.91. The number of amides is 4. The van der Waals surface area contributed by atoms with Crippen molar-refractivity contribution in [2.75, 3.05) is 13.2 Å². The number of hydrogen-bond donors (Lipinski definition) is 3. The first kappa shape index (κ1) is 33.7. The second-order valence-corrected chi connectivity index (χ2v) is 15.6. The third-order valence-electron chi connectivity index (χ3n) is 9.92. The third-order valence-corrected chi connectivity index (χ3v) is 12.2. The van der Waals surface area contributed by atoms with Crippen LogP contribution in [0.15, 0.2) is 30.4 Å². The minimum absolute atomic E-state index is 0.0124. The fraction of sp³-hybridized carbons (Fsp3) is 0.625. The summed E-state index contributed by atoms with van der Waals surface area (Å²) in [5.41, 5.74) is 6.54. The number of fused-ring (bicyclic) bond motifs is 3. The molecule has 256 valence electrons. The van der Waals surface area contributed by atoms with Crippen LogP contribution in [0.2, 0.25) is 5.02 Å². The molecule has 0 radical (unpaired) electrons. The number of ether oxygens (including phenoxy) is 2. The summed E-state index contributed by atoms with van der Waals surface area (Å²) in [5.74, 6) is -2.38. The Balaban J connectivity index is 1.21. The number of nitrogens with zero attached hydrogens (tertiary/aromatic N) is 2. The van der Waals surface area contributed by atoms with E-state index in [4.69, 9.17) is 26.8 Å². The molecule has 6 rings (SSSR count). The molecule has 4 N–H and O–H groups in total. The van der Waals surface area contributed by atoms with Gasteiger partial charge >= 0.3 is 6.09 Å². The lowest BCUT2D eigenvalue weighted by Crippen LogP contribution is -2.58. The van der Waals surface area contributed by atoms with Gasteiger partial charge in [-0.2, -0.15) is 0 Å².